The minimum Gasteiger partial charge on any atom is -0.480 e. The first-order valence-corrected chi connectivity index (χ1v) is 12.0. The number of hydrogen-bond donors (Lipinski definition) is 6. The summed E-state index contributed by atoms with van der Waals surface area (Å²) in [6, 6.07) is 8.58. The van der Waals surface area contributed by atoms with E-state index in [1.54, 1.807) is 6.07 Å². The number of aliphatic carboxylic acids is 2. The van der Waals surface area contributed by atoms with E-state index in [0.29, 0.717) is 11.4 Å². The van der Waals surface area contributed by atoms with Crippen LogP contribution in [0.25, 0.3) is 0 Å². The Morgan fingerprint density at radius 1 is 0.944 bits per heavy atom. The highest BCUT2D eigenvalue weighted by Crippen LogP contribution is 2.16. The van der Waals surface area contributed by atoms with E-state index in [2.05, 4.69) is 10.6 Å². The predicted molar refractivity (Wildman–Crippen MR) is 120 cm³/mol. The van der Waals surface area contributed by atoms with E-state index in [1.807, 2.05) is 4.72 Å². The summed E-state index contributed by atoms with van der Waals surface area (Å²) in [4.78, 5) is 44.8. The highest BCUT2D eigenvalue weighted by molar-refractivity contribution is 7.89. The number of rotatable bonds is 10. The molecule has 1 aromatic carbocycles. The van der Waals surface area contributed by atoms with Crippen molar-refractivity contribution in [3.05, 3.63) is 52.2 Å². The molecule has 1 heterocycles. The molecule has 2 aromatic rings. The van der Waals surface area contributed by atoms with Gasteiger partial charge >= 0.3 is 18.1 Å². The van der Waals surface area contributed by atoms with Gasteiger partial charge in [-0.05, 0) is 24.3 Å². The largest absolute Gasteiger partial charge is 0.490 e. The van der Waals surface area contributed by atoms with Gasteiger partial charge in [0.1, 0.15) is 6.04 Å². The monoisotopic (exact) mass is 554 g/mol. The normalized spacial score (nSPS) is 12.0. The van der Waals surface area contributed by atoms with Crippen LogP contribution in [-0.2, 0) is 19.6 Å². The molecule has 0 saturated carbocycles. The van der Waals surface area contributed by atoms with Crippen molar-refractivity contribution in [2.24, 2.45) is 5.73 Å². The predicted octanol–water partition coefficient (Wildman–Crippen LogP) is 0.231. The van der Waals surface area contributed by atoms with Crippen LogP contribution < -0.4 is 21.1 Å². The molecule has 0 fully saturated rings. The molecule has 7 N–H and O–H groups in total. The number of sulfonamides is 1. The molecule has 0 radical (unpaired) electrons. The highest BCUT2D eigenvalue weighted by atomic mass is 32.2. The van der Waals surface area contributed by atoms with Crippen LogP contribution in [0.2, 0.25) is 0 Å². The Bertz CT molecular complexity index is 1170. The number of carbonyl (C=O) groups excluding carboxylic acids is 2. The maximum atomic E-state index is 12.3. The van der Waals surface area contributed by atoms with Crippen molar-refractivity contribution in [3.63, 3.8) is 0 Å². The Morgan fingerprint density at radius 3 is 1.89 bits per heavy atom. The second-order valence-electron chi connectivity index (χ2n) is 6.55. The summed E-state index contributed by atoms with van der Waals surface area (Å²) in [5, 5.41) is 21.3. The Hall–Kier alpha value is -3.54. The van der Waals surface area contributed by atoms with Gasteiger partial charge in [-0.15, -0.1) is 11.3 Å². The molecule has 1 aromatic heterocycles. The Morgan fingerprint density at radius 2 is 1.44 bits per heavy atom. The SMILES string of the molecule is NCCNC(=O)c1ccc(C(=O)NCC(NS(=O)(=O)c2ccccc2)C(=O)O)s1.O=C(O)C(F)(F)F. The van der Waals surface area contributed by atoms with Gasteiger partial charge in [-0.1, -0.05) is 18.2 Å². The maximum absolute atomic E-state index is 12.3. The molecule has 12 nitrogen and oxygen atoms in total. The fourth-order valence-electron chi connectivity index (χ4n) is 2.17. The Balaban J connectivity index is 0.000000809. The molecular weight excluding hydrogens is 533 g/mol. The topological polar surface area (TPSA) is 205 Å². The summed E-state index contributed by atoms with van der Waals surface area (Å²) < 4.78 is 58.4. The third-order valence-electron chi connectivity index (χ3n) is 3.84. The molecule has 1 atom stereocenters. The lowest BCUT2D eigenvalue weighted by Crippen LogP contribution is -2.48. The molecule has 2 amide bonds. The lowest BCUT2D eigenvalue weighted by Gasteiger charge is -2.15. The lowest BCUT2D eigenvalue weighted by molar-refractivity contribution is -0.192. The average molecular weight is 555 g/mol. The molecule has 0 aliphatic rings. The second kappa shape index (κ2) is 13.5. The van der Waals surface area contributed by atoms with Gasteiger partial charge in [-0.25, -0.2) is 13.2 Å². The van der Waals surface area contributed by atoms with E-state index in [4.69, 9.17) is 15.6 Å². The molecule has 2 rings (SSSR count). The highest BCUT2D eigenvalue weighted by Gasteiger charge is 2.38. The van der Waals surface area contributed by atoms with E-state index >= 15 is 0 Å². The van der Waals surface area contributed by atoms with E-state index in [-0.39, 0.29) is 22.2 Å². The fourth-order valence-corrected chi connectivity index (χ4v) is 4.22. The third-order valence-corrected chi connectivity index (χ3v) is 6.41. The number of alkyl halides is 3. The summed E-state index contributed by atoms with van der Waals surface area (Å²) in [6.07, 6.45) is -5.08. The van der Waals surface area contributed by atoms with Gasteiger partial charge in [0.25, 0.3) is 11.8 Å². The summed E-state index contributed by atoms with van der Waals surface area (Å²) >= 11 is 0.919. The number of amides is 2. The first-order valence-electron chi connectivity index (χ1n) is 9.65. The number of benzene rings is 1. The number of nitrogens with one attached hydrogen (secondary N) is 3. The number of carboxylic acid groups (broad SMARTS) is 2. The van der Waals surface area contributed by atoms with Crippen LogP contribution in [0.5, 0.6) is 0 Å². The number of thiophene rings is 1. The van der Waals surface area contributed by atoms with Crippen molar-refractivity contribution in [1.29, 1.82) is 0 Å². The van der Waals surface area contributed by atoms with Crippen LogP contribution >= 0.6 is 11.3 Å². The summed E-state index contributed by atoms with van der Waals surface area (Å²) in [7, 11) is -4.08. The molecular formula is C19H21F3N4O8S2. The molecule has 198 valence electrons. The van der Waals surface area contributed by atoms with Crippen molar-refractivity contribution in [2.45, 2.75) is 17.1 Å². The molecule has 0 aliphatic carbocycles. The zero-order valence-electron chi connectivity index (χ0n) is 18.1. The second-order valence-corrected chi connectivity index (χ2v) is 9.34. The van der Waals surface area contributed by atoms with Crippen LogP contribution in [0, 0.1) is 0 Å². The van der Waals surface area contributed by atoms with Crippen molar-refractivity contribution in [1.82, 2.24) is 15.4 Å². The smallest absolute Gasteiger partial charge is 0.480 e. The maximum Gasteiger partial charge on any atom is 0.490 e. The van der Waals surface area contributed by atoms with Crippen LogP contribution in [-0.4, -0.2) is 74.2 Å². The lowest BCUT2D eigenvalue weighted by atomic mass is 10.3. The number of carboxylic acids is 2. The quantitative estimate of drug-likeness (QED) is 0.237. The van der Waals surface area contributed by atoms with E-state index in [9.17, 15) is 41.1 Å². The fraction of sp³-hybridized carbons (Fsp3) is 0.263. The van der Waals surface area contributed by atoms with E-state index in [0.717, 1.165) is 11.3 Å². The van der Waals surface area contributed by atoms with E-state index < -0.39 is 46.6 Å². The minimum absolute atomic E-state index is 0.0935. The van der Waals surface area contributed by atoms with Gasteiger partial charge < -0.3 is 26.6 Å². The standard InChI is InChI=1S/C17H20N4O6S2.C2HF3O2/c18-8-9-19-15(22)13-6-7-14(28-13)16(23)20-10-12(17(24)25)21-29(26,27)11-4-2-1-3-5-11;3-2(4,5)1(6)7/h1-7,12,21H,8-10,18H2,(H,19,22)(H,20,23)(H,24,25);(H,6,7). The number of halogens is 3. The van der Waals surface area contributed by atoms with E-state index in [1.165, 1.54) is 36.4 Å². The molecule has 0 spiro atoms. The number of carbonyl (C=O) groups is 4. The summed E-state index contributed by atoms with van der Waals surface area (Å²) in [5.41, 5.74) is 5.31. The van der Waals surface area contributed by atoms with Crippen LogP contribution in [0.15, 0.2) is 47.4 Å². The van der Waals surface area contributed by atoms with Crippen molar-refractivity contribution < 1.29 is 51.0 Å². The molecule has 36 heavy (non-hydrogen) atoms. The van der Waals surface area contributed by atoms with Gasteiger partial charge in [-0.3, -0.25) is 14.4 Å². The van der Waals surface area contributed by atoms with Gasteiger partial charge in [0.15, 0.2) is 0 Å². The van der Waals surface area contributed by atoms with Crippen molar-refractivity contribution in [2.75, 3.05) is 19.6 Å². The zero-order chi connectivity index (χ0) is 27.5. The number of hydrogen-bond acceptors (Lipinski definition) is 8. The van der Waals surface area contributed by atoms with Gasteiger partial charge in [0, 0.05) is 19.6 Å². The van der Waals surface area contributed by atoms with Gasteiger partial charge in [0.2, 0.25) is 10.0 Å². The summed E-state index contributed by atoms with van der Waals surface area (Å²) in [5.74, 6) is -5.21. The van der Waals surface area contributed by atoms with Crippen LogP contribution in [0.4, 0.5) is 13.2 Å². The van der Waals surface area contributed by atoms with Gasteiger partial charge in [-0.2, -0.15) is 17.9 Å². The molecule has 17 heteroatoms. The first-order chi connectivity index (χ1) is 16.7. The first kappa shape index (κ1) is 30.5. The number of nitrogens with two attached hydrogens (primary N) is 1. The third kappa shape index (κ3) is 9.98. The van der Waals surface area contributed by atoms with Crippen molar-refractivity contribution in [3.8, 4) is 0 Å². The molecule has 0 saturated heterocycles. The Kier molecular flexibility index (Phi) is 11.5. The van der Waals surface area contributed by atoms with Gasteiger partial charge in [0.05, 0.1) is 14.6 Å². The average Bonchev–Trinajstić information content (AvgIpc) is 3.31. The van der Waals surface area contributed by atoms with Crippen LogP contribution in [0.1, 0.15) is 19.3 Å². The molecule has 0 aliphatic heterocycles. The minimum atomic E-state index is -5.08. The molecule has 0 bridgehead atoms. The van der Waals surface area contributed by atoms with Crippen molar-refractivity contribution >= 4 is 45.1 Å². The molecule has 1 unspecified atom stereocenters. The van der Waals surface area contributed by atoms with Crippen LogP contribution in [0.3, 0.4) is 0 Å². The summed E-state index contributed by atoms with van der Waals surface area (Å²) in [6.45, 7) is 0.0901. The Labute approximate surface area is 206 Å². The zero-order valence-corrected chi connectivity index (χ0v) is 19.7.